The van der Waals surface area contributed by atoms with Crippen LogP contribution in [0.5, 0.6) is 0 Å². The van der Waals surface area contributed by atoms with Gasteiger partial charge in [-0.25, -0.2) is 4.98 Å². The van der Waals surface area contributed by atoms with Crippen molar-refractivity contribution in [2.75, 3.05) is 0 Å². The van der Waals surface area contributed by atoms with Gasteiger partial charge in [0.15, 0.2) is 0 Å². The predicted molar refractivity (Wildman–Crippen MR) is 69.2 cm³/mol. The number of aromatic nitrogens is 3. The van der Waals surface area contributed by atoms with E-state index >= 15 is 0 Å². The van der Waals surface area contributed by atoms with E-state index in [0.29, 0.717) is 12.8 Å². The predicted octanol–water partition coefficient (Wildman–Crippen LogP) is 2.04. The number of rotatable bonds is 6. The van der Waals surface area contributed by atoms with Crippen LogP contribution in [0.15, 0.2) is 36.9 Å². The summed E-state index contributed by atoms with van der Waals surface area (Å²) in [6, 6.07) is 3.89. The van der Waals surface area contributed by atoms with Crippen LogP contribution in [0.25, 0.3) is 0 Å². The van der Waals surface area contributed by atoms with Crippen molar-refractivity contribution < 1.29 is 4.79 Å². The summed E-state index contributed by atoms with van der Waals surface area (Å²) in [6.45, 7) is 2.90. The third-order valence-corrected chi connectivity index (χ3v) is 2.91. The quantitative estimate of drug-likeness (QED) is 0.780. The zero-order chi connectivity index (χ0) is 12.8. The molecular weight excluding hydrogens is 226 g/mol. The van der Waals surface area contributed by atoms with E-state index in [4.69, 9.17) is 0 Å². The van der Waals surface area contributed by atoms with Gasteiger partial charge in [-0.2, -0.15) is 0 Å². The molecule has 0 saturated heterocycles. The molecule has 0 bridgehead atoms. The average molecular weight is 243 g/mol. The molecule has 94 valence electrons. The number of aryl methyl sites for hydroxylation is 2. The van der Waals surface area contributed by atoms with Crippen molar-refractivity contribution in [1.29, 1.82) is 0 Å². The number of nitrogens with zero attached hydrogens (tertiary/aromatic N) is 3. The molecule has 0 aliphatic rings. The summed E-state index contributed by atoms with van der Waals surface area (Å²) in [6.07, 6.45) is 8.91. The maximum Gasteiger partial charge on any atom is 0.140 e. The fraction of sp³-hybridized carbons (Fsp3) is 0.357. The van der Waals surface area contributed by atoms with E-state index in [2.05, 4.69) is 9.97 Å². The lowest BCUT2D eigenvalue weighted by molar-refractivity contribution is -0.118. The van der Waals surface area contributed by atoms with Gasteiger partial charge in [-0.1, -0.05) is 6.07 Å². The summed E-state index contributed by atoms with van der Waals surface area (Å²) in [5.41, 5.74) is 1.10. The second kappa shape index (κ2) is 6.10. The van der Waals surface area contributed by atoms with Crippen molar-refractivity contribution in [3.63, 3.8) is 0 Å². The van der Waals surface area contributed by atoms with Crippen LogP contribution in [0, 0.1) is 0 Å². The smallest absolute Gasteiger partial charge is 0.140 e. The number of carbonyl (C=O) groups excluding carboxylic acids is 1. The second-order valence-corrected chi connectivity index (χ2v) is 4.21. The van der Waals surface area contributed by atoms with E-state index < -0.39 is 0 Å². The minimum Gasteiger partial charge on any atom is -0.335 e. The summed E-state index contributed by atoms with van der Waals surface area (Å²) in [5.74, 6) is 1.08. The summed E-state index contributed by atoms with van der Waals surface area (Å²) in [5, 5.41) is 0. The average Bonchev–Trinajstić information content (AvgIpc) is 2.85. The zero-order valence-corrected chi connectivity index (χ0v) is 10.5. The summed E-state index contributed by atoms with van der Waals surface area (Å²) in [4.78, 5) is 20.1. The van der Waals surface area contributed by atoms with Crippen LogP contribution in [0.2, 0.25) is 0 Å². The van der Waals surface area contributed by atoms with Gasteiger partial charge in [0, 0.05) is 37.8 Å². The first-order valence-electron chi connectivity index (χ1n) is 6.20. The van der Waals surface area contributed by atoms with E-state index in [1.54, 1.807) is 18.6 Å². The van der Waals surface area contributed by atoms with Crippen LogP contribution in [0.1, 0.15) is 24.7 Å². The van der Waals surface area contributed by atoms with E-state index in [9.17, 15) is 4.79 Å². The first-order valence-corrected chi connectivity index (χ1v) is 6.20. The Morgan fingerprint density at radius 2 is 2.28 bits per heavy atom. The van der Waals surface area contributed by atoms with Crippen molar-refractivity contribution in [3.05, 3.63) is 48.3 Å². The standard InChI is InChI=1S/C14H17N3O/c1-2-17-9-8-16-14(17)10-13(18)6-5-12-4-3-7-15-11-12/h3-4,7-9,11H,2,5-6,10H2,1H3. The van der Waals surface area contributed by atoms with E-state index in [1.165, 1.54) is 0 Å². The number of ketones is 1. The van der Waals surface area contributed by atoms with E-state index in [0.717, 1.165) is 24.4 Å². The van der Waals surface area contributed by atoms with E-state index in [1.807, 2.05) is 29.8 Å². The van der Waals surface area contributed by atoms with Crippen LogP contribution in [-0.2, 0) is 24.2 Å². The minimum absolute atomic E-state index is 0.222. The van der Waals surface area contributed by atoms with Gasteiger partial charge in [-0.05, 0) is 25.0 Å². The summed E-state index contributed by atoms with van der Waals surface area (Å²) in [7, 11) is 0. The Morgan fingerprint density at radius 3 is 3.00 bits per heavy atom. The maximum absolute atomic E-state index is 11.9. The Hall–Kier alpha value is -1.97. The Bertz CT molecular complexity index is 505. The highest BCUT2D eigenvalue weighted by atomic mass is 16.1. The van der Waals surface area contributed by atoms with Gasteiger partial charge in [0.2, 0.25) is 0 Å². The summed E-state index contributed by atoms with van der Waals surface area (Å²) < 4.78 is 2.00. The Balaban J connectivity index is 1.86. The normalized spacial score (nSPS) is 10.5. The lowest BCUT2D eigenvalue weighted by Gasteiger charge is -2.04. The molecule has 0 radical (unpaired) electrons. The molecule has 0 unspecified atom stereocenters. The minimum atomic E-state index is 0.222. The molecule has 2 rings (SSSR count). The highest BCUT2D eigenvalue weighted by Gasteiger charge is 2.08. The number of hydrogen-bond acceptors (Lipinski definition) is 3. The van der Waals surface area contributed by atoms with Gasteiger partial charge in [-0.15, -0.1) is 0 Å². The van der Waals surface area contributed by atoms with Crippen molar-refractivity contribution >= 4 is 5.78 Å². The lowest BCUT2D eigenvalue weighted by Crippen LogP contribution is -2.10. The lowest BCUT2D eigenvalue weighted by atomic mass is 10.1. The van der Waals surface area contributed by atoms with Gasteiger partial charge in [0.05, 0.1) is 6.42 Å². The Kier molecular flexibility index (Phi) is 4.23. The molecule has 0 fully saturated rings. The van der Waals surface area contributed by atoms with Gasteiger partial charge in [0.25, 0.3) is 0 Å². The Labute approximate surface area is 107 Å². The molecule has 2 heterocycles. The van der Waals surface area contributed by atoms with Gasteiger partial charge in [0.1, 0.15) is 11.6 Å². The van der Waals surface area contributed by atoms with Gasteiger partial charge in [-0.3, -0.25) is 9.78 Å². The van der Waals surface area contributed by atoms with Crippen LogP contribution in [0.3, 0.4) is 0 Å². The first kappa shape index (κ1) is 12.5. The molecule has 0 atom stereocenters. The monoisotopic (exact) mass is 243 g/mol. The molecule has 0 saturated carbocycles. The number of hydrogen-bond donors (Lipinski definition) is 0. The summed E-state index contributed by atoms with van der Waals surface area (Å²) >= 11 is 0. The van der Waals surface area contributed by atoms with E-state index in [-0.39, 0.29) is 5.78 Å². The Morgan fingerprint density at radius 1 is 1.39 bits per heavy atom. The molecule has 0 aliphatic heterocycles. The molecule has 0 aliphatic carbocycles. The SMILES string of the molecule is CCn1ccnc1CC(=O)CCc1cccnc1. The molecule has 2 aromatic heterocycles. The number of pyridine rings is 1. The molecule has 0 N–H and O–H groups in total. The van der Waals surface area contributed by atoms with Crippen LogP contribution in [0.4, 0.5) is 0 Å². The largest absolute Gasteiger partial charge is 0.335 e. The third-order valence-electron chi connectivity index (χ3n) is 2.91. The van der Waals surface area contributed by atoms with Gasteiger partial charge >= 0.3 is 0 Å². The number of carbonyl (C=O) groups is 1. The zero-order valence-electron chi connectivity index (χ0n) is 10.5. The number of imidazole rings is 1. The van der Waals surface area contributed by atoms with Crippen molar-refractivity contribution in [2.45, 2.75) is 32.7 Å². The highest BCUT2D eigenvalue weighted by molar-refractivity contribution is 5.80. The fourth-order valence-corrected chi connectivity index (χ4v) is 1.89. The molecular formula is C14H17N3O. The van der Waals surface area contributed by atoms with Crippen LogP contribution >= 0.6 is 0 Å². The molecule has 0 amide bonds. The molecule has 0 aromatic carbocycles. The topological polar surface area (TPSA) is 47.8 Å². The molecule has 4 heteroatoms. The van der Waals surface area contributed by atoms with Gasteiger partial charge < -0.3 is 4.57 Å². The molecule has 0 spiro atoms. The maximum atomic E-state index is 11.9. The third kappa shape index (κ3) is 3.26. The highest BCUT2D eigenvalue weighted by Crippen LogP contribution is 2.05. The first-order chi connectivity index (χ1) is 8.79. The van der Waals surface area contributed by atoms with Crippen molar-refractivity contribution in [3.8, 4) is 0 Å². The van der Waals surface area contributed by atoms with Crippen LogP contribution < -0.4 is 0 Å². The molecule has 18 heavy (non-hydrogen) atoms. The second-order valence-electron chi connectivity index (χ2n) is 4.21. The number of Topliss-reactive ketones (excluding diaryl/α,β-unsaturated/α-hetero) is 1. The van der Waals surface area contributed by atoms with Crippen molar-refractivity contribution in [2.24, 2.45) is 0 Å². The van der Waals surface area contributed by atoms with Crippen LogP contribution in [-0.4, -0.2) is 20.3 Å². The fourth-order valence-electron chi connectivity index (χ4n) is 1.89. The molecule has 4 nitrogen and oxygen atoms in total. The van der Waals surface area contributed by atoms with Crippen molar-refractivity contribution in [1.82, 2.24) is 14.5 Å². The molecule has 2 aromatic rings.